The number of rotatable bonds is 2. The van der Waals surface area contributed by atoms with Gasteiger partial charge in [0.2, 0.25) is 0 Å². The Bertz CT molecular complexity index is 319. The Kier molecular flexibility index (Phi) is 3.48. The van der Waals surface area contributed by atoms with Gasteiger partial charge in [0, 0.05) is 6.07 Å². The first-order chi connectivity index (χ1) is 6.06. The molecule has 0 aliphatic rings. The van der Waals surface area contributed by atoms with Gasteiger partial charge in [-0.2, -0.15) is 0 Å². The maximum absolute atomic E-state index is 12.9. The predicted molar refractivity (Wildman–Crippen MR) is 47.8 cm³/mol. The highest BCUT2D eigenvalue weighted by Crippen LogP contribution is 2.25. The van der Waals surface area contributed by atoms with E-state index >= 15 is 0 Å². The van der Waals surface area contributed by atoms with E-state index in [0.717, 1.165) is 6.07 Å². The number of aliphatic hydroxyl groups excluding tert-OH is 1. The van der Waals surface area contributed by atoms with Crippen LogP contribution in [-0.2, 0) is 6.61 Å². The minimum Gasteiger partial charge on any atom is -0.390 e. The quantitative estimate of drug-likeness (QED) is 0.671. The van der Waals surface area contributed by atoms with Crippen molar-refractivity contribution >= 4 is 22.6 Å². The monoisotopic (exact) mass is 303 g/mol. The zero-order valence-corrected chi connectivity index (χ0v) is 8.43. The summed E-state index contributed by atoms with van der Waals surface area (Å²) in [4.78, 5) is 3.59. The fourth-order valence-corrected chi connectivity index (χ4v) is 1.46. The second-order valence-corrected chi connectivity index (χ2v) is 3.35. The second kappa shape index (κ2) is 4.23. The first-order valence-electron chi connectivity index (χ1n) is 3.30. The average Bonchev–Trinajstić information content (AvgIpc) is 2.01. The van der Waals surface area contributed by atoms with Gasteiger partial charge in [-0.05, 0) is 22.6 Å². The van der Waals surface area contributed by atoms with E-state index in [1.165, 1.54) is 0 Å². The molecule has 0 aliphatic heterocycles. The zero-order valence-electron chi connectivity index (χ0n) is 6.27. The summed E-state index contributed by atoms with van der Waals surface area (Å²) in [5, 5.41) is 8.65. The fourth-order valence-electron chi connectivity index (χ4n) is 0.892. The zero-order chi connectivity index (χ0) is 10.0. The molecule has 0 spiro atoms. The van der Waals surface area contributed by atoms with Crippen LogP contribution < -0.4 is 0 Å². The highest BCUT2D eigenvalue weighted by Gasteiger charge is 2.19. The Balaban J connectivity index is 3.30. The van der Waals surface area contributed by atoms with Crippen LogP contribution >= 0.6 is 22.6 Å². The van der Waals surface area contributed by atoms with Gasteiger partial charge in [-0.3, -0.25) is 0 Å². The van der Waals surface area contributed by atoms with Crippen LogP contribution in [0.3, 0.4) is 0 Å². The van der Waals surface area contributed by atoms with Crippen LogP contribution in [0.1, 0.15) is 17.7 Å². The van der Waals surface area contributed by atoms with Gasteiger partial charge in [0.25, 0.3) is 6.43 Å². The topological polar surface area (TPSA) is 33.1 Å². The summed E-state index contributed by atoms with van der Waals surface area (Å²) in [6.07, 6.45) is -2.95. The molecule has 2 nitrogen and oxygen atoms in total. The number of hydrogen-bond acceptors (Lipinski definition) is 2. The first-order valence-corrected chi connectivity index (χ1v) is 4.38. The molecule has 1 heterocycles. The molecule has 72 valence electrons. The van der Waals surface area contributed by atoms with Gasteiger partial charge in [0.15, 0.2) is 0 Å². The third kappa shape index (κ3) is 2.31. The molecule has 0 fully saturated rings. The molecule has 0 amide bonds. The lowest BCUT2D eigenvalue weighted by molar-refractivity contribution is 0.140. The van der Waals surface area contributed by atoms with Crippen LogP contribution in [0.2, 0.25) is 0 Å². The van der Waals surface area contributed by atoms with Crippen LogP contribution in [0.25, 0.3) is 0 Å². The van der Waals surface area contributed by atoms with E-state index in [1.807, 2.05) is 0 Å². The van der Waals surface area contributed by atoms with E-state index < -0.39 is 24.4 Å². The summed E-state index contributed by atoms with van der Waals surface area (Å²) >= 11 is 1.69. The van der Waals surface area contributed by atoms with Crippen molar-refractivity contribution < 1.29 is 18.3 Å². The fraction of sp³-hybridized carbons (Fsp3) is 0.286. The van der Waals surface area contributed by atoms with Crippen LogP contribution in [0.5, 0.6) is 0 Å². The number of aliphatic hydroxyl groups is 1. The van der Waals surface area contributed by atoms with Crippen molar-refractivity contribution in [1.82, 2.24) is 4.98 Å². The molecule has 0 aromatic carbocycles. The number of hydrogen-bond donors (Lipinski definition) is 1. The molecule has 0 atom stereocenters. The molecular weight excluding hydrogens is 298 g/mol. The van der Waals surface area contributed by atoms with Crippen molar-refractivity contribution in [2.75, 3.05) is 0 Å². The number of halogens is 4. The van der Waals surface area contributed by atoms with Crippen molar-refractivity contribution in [3.8, 4) is 0 Å². The predicted octanol–water partition coefficient (Wildman–Crippen LogP) is 2.26. The Morgan fingerprint density at radius 3 is 2.62 bits per heavy atom. The normalized spacial score (nSPS) is 10.9. The van der Waals surface area contributed by atoms with Crippen LogP contribution in [0.4, 0.5) is 13.2 Å². The number of nitrogens with zero attached hydrogens (tertiary/aromatic N) is 1. The Hall–Kier alpha value is -0.370. The van der Waals surface area contributed by atoms with E-state index in [-0.39, 0.29) is 9.39 Å². The van der Waals surface area contributed by atoms with E-state index in [9.17, 15) is 13.2 Å². The molecular formula is C7H5F3INO. The molecule has 0 unspecified atom stereocenters. The molecule has 1 N–H and O–H groups in total. The minimum atomic E-state index is -2.95. The first kappa shape index (κ1) is 10.7. The van der Waals surface area contributed by atoms with E-state index in [2.05, 4.69) is 4.98 Å². The summed E-state index contributed by atoms with van der Waals surface area (Å²) in [6, 6.07) is 0.904. The average molecular weight is 303 g/mol. The van der Waals surface area contributed by atoms with E-state index in [1.54, 1.807) is 22.6 Å². The third-order valence-corrected chi connectivity index (χ3v) is 1.98. The number of alkyl halides is 2. The third-order valence-electron chi connectivity index (χ3n) is 1.42. The molecule has 1 rings (SSSR count). The van der Waals surface area contributed by atoms with E-state index in [4.69, 9.17) is 5.11 Å². The largest absolute Gasteiger partial charge is 0.390 e. The van der Waals surface area contributed by atoms with Gasteiger partial charge >= 0.3 is 0 Å². The second-order valence-electron chi connectivity index (χ2n) is 2.25. The van der Waals surface area contributed by atoms with Gasteiger partial charge in [0.1, 0.15) is 9.52 Å². The minimum absolute atomic E-state index is 0.239. The molecule has 0 saturated heterocycles. The van der Waals surface area contributed by atoms with Gasteiger partial charge in [-0.25, -0.2) is 18.2 Å². The molecule has 0 saturated carbocycles. The maximum atomic E-state index is 12.9. The SMILES string of the molecule is OCc1nc(I)cc(F)c1C(F)F. The summed E-state index contributed by atoms with van der Waals surface area (Å²) < 4.78 is 37.6. The molecule has 0 aliphatic carbocycles. The summed E-state index contributed by atoms with van der Waals surface area (Å²) in [5.74, 6) is -1.03. The van der Waals surface area contributed by atoms with Crippen molar-refractivity contribution in [3.05, 3.63) is 26.8 Å². The highest BCUT2D eigenvalue weighted by atomic mass is 127. The van der Waals surface area contributed by atoms with Crippen molar-refractivity contribution in [2.45, 2.75) is 13.0 Å². The Labute approximate surface area is 85.9 Å². The van der Waals surface area contributed by atoms with Gasteiger partial charge in [-0.15, -0.1) is 0 Å². The lowest BCUT2D eigenvalue weighted by Crippen LogP contribution is -2.03. The number of aromatic nitrogens is 1. The molecule has 6 heteroatoms. The molecule has 1 aromatic rings. The molecule has 13 heavy (non-hydrogen) atoms. The standard InChI is InChI=1S/C7H5F3INO/c8-3-1-5(11)12-4(2-13)6(3)7(9)10/h1,7,13H,2H2. The van der Waals surface area contributed by atoms with E-state index in [0.29, 0.717) is 0 Å². The van der Waals surface area contributed by atoms with Crippen LogP contribution in [0.15, 0.2) is 6.07 Å². The van der Waals surface area contributed by atoms with Gasteiger partial charge in [0.05, 0.1) is 17.9 Å². The molecule has 0 radical (unpaired) electrons. The lowest BCUT2D eigenvalue weighted by Gasteiger charge is -2.06. The summed E-state index contributed by atoms with van der Waals surface area (Å²) in [7, 11) is 0. The summed E-state index contributed by atoms with van der Waals surface area (Å²) in [5.41, 5.74) is -1.12. The van der Waals surface area contributed by atoms with Crippen molar-refractivity contribution in [1.29, 1.82) is 0 Å². The van der Waals surface area contributed by atoms with Crippen molar-refractivity contribution in [2.24, 2.45) is 0 Å². The van der Waals surface area contributed by atoms with Crippen LogP contribution in [-0.4, -0.2) is 10.1 Å². The lowest BCUT2D eigenvalue weighted by atomic mass is 10.2. The van der Waals surface area contributed by atoms with Gasteiger partial charge < -0.3 is 5.11 Å². The smallest absolute Gasteiger partial charge is 0.268 e. The Morgan fingerprint density at radius 2 is 2.15 bits per heavy atom. The molecule has 0 bridgehead atoms. The highest BCUT2D eigenvalue weighted by molar-refractivity contribution is 14.1. The summed E-state index contributed by atoms with van der Waals surface area (Å²) in [6.45, 7) is -0.687. The van der Waals surface area contributed by atoms with Gasteiger partial charge in [-0.1, -0.05) is 0 Å². The van der Waals surface area contributed by atoms with Crippen molar-refractivity contribution in [3.63, 3.8) is 0 Å². The maximum Gasteiger partial charge on any atom is 0.268 e. The van der Waals surface area contributed by atoms with Crippen LogP contribution in [0, 0.1) is 9.52 Å². The molecule has 1 aromatic heterocycles. The Morgan fingerprint density at radius 1 is 1.54 bits per heavy atom. The number of pyridine rings is 1.